The Bertz CT molecular complexity index is 267. The molecule has 0 aliphatic rings. The Balaban J connectivity index is 2.37. The van der Waals surface area contributed by atoms with E-state index in [0.717, 1.165) is 25.2 Å². The lowest BCUT2D eigenvalue weighted by Crippen LogP contribution is -2.15. The van der Waals surface area contributed by atoms with Crippen LogP contribution in [0.2, 0.25) is 0 Å². The van der Waals surface area contributed by atoms with E-state index < -0.39 is 0 Å². The molecule has 1 heterocycles. The highest BCUT2D eigenvalue weighted by atomic mass is 16.5. The van der Waals surface area contributed by atoms with Gasteiger partial charge in [-0.3, -0.25) is 0 Å². The molecular formula is C12H20N2O2. The Morgan fingerprint density at radius 2 is 2.19 bits per heavy atom. The lowest BCUT2D eigenvalue weighted by atomic mass is 10.3. The predicted octanol–water partition coefficient (Wildman–Crippen LogP) is 1.61. The molecule has 16 heavy (non-hydrogen) atoms. The van der Waals surface area contributed by atoms with Gasteiger partial charge in [0.25, 0.3) is 0 Å². The first-order chi connectivity index (χ1) is 7.86. The first-order valence-electron chi connectivity index (χ1n) is 5.65. The number of aromatic nitrogens is 1. The van der Waals surface area contributed by atoms with Crippen molar-refractivity contribution >= 4 is 0 Å². The van der Waals surface area contributed by atoms with Crippen LogP contribution in [0.1, 0.15) is 19.0 Å². The van der Waals surface area contributed by atoms with Gasteiger partial charge in [-0.1, -0.05) is 13.0 Å². The Hall–Kier alpha value is -1.13. The summed E-state index contributed by atoms with van der Waals surface area (Å²) in [5.74, 6) is 0.660. The molecule has 0 radical (unpaired) electrons. The number of hydrogen-bond acceptors (Lipinski definition) is 4. The minimum absolute atomic E-state index is 0.537. The average molecular weight is 224 g/mol. The van der Waals surface area contributed by atoms with Crippen molar-refractivity contribution in [3.05, 3.63) is 23.9 Å². The summed E-state index contributed by atoms with van der Waals surface area (Å²) in [7, 11) is 1.65. The number of nitrogens with one attached hydrogen (secondary N) is 1. The molecular weight excluding hydrogens is 204 g/mol. The first kappa shape index (κ1) is 12.9. The fourth-order valence-electron chi connectivity index (χ4n) is 1.26. The van der Waals surface area contributed by atoms with E-state index in [1.807, 2.05) is 18.2 Å². The molecule has 0 aliphatic heterocycles. The van der Waals surface area contributed by atoms with Crippen molar-refractivity contribution < 1.29 is 9.47 Å². The highest BCUT2D eigenvalue weighted by Gasteiger charge is 1.98. The summed E-state index contributed by atoms with van der Waals surface area (Å²) in [4.78, 5) is 4.38. The van der Waals surface area contributed by atoms with E-state index in [-0.39, 0.29) is 0 Å². The van der Waals surface area contributed by atoms with Crippen molar-refractivity contribution in [1.29, 1.82) is 0 Å². The van der Waals surface area contributed by atoms with Gasteiger partial charge in [0.1, 0.15) is 6.61 Å². The van der Waals surface area contributed by atoms with E-state index in [1.165, 1.54) is 0 Å². The zero-order valence-electron chi connectivity index (χ0n) is 10.0. The second kappa shape index (κ2) is 8.07. The Morgan fingerprint density at radius 3 is 2.94 bits per heavy atom. The zero-order valence-corrected chi connectivity index (χ0v) is 10.0. The van der Waals surface area contributed by atoms with Gasteiger partial charge in [-0.25, -0.2) is 4.98 Å². The summed E-state index contributed by atoms with van der Waals surface area (Å²) >= 11 is 0. The number of ether oxygens (including phenoxy) is 2. The van der Waals surface area contributed by atoms with Crippen LogP contribution in [0.4, 0.5) is 0 Å². The van der Waals surface area contributed by atoms with Gasteiger partial charge in [-0.05, 0) is 19.0 Å². The number of hydrogen-bond donors (Lipinski definition) is 1. The van der Waals surface area contributed by atoms with Crippen LogP contribution in [0.15, 0.2) is 18.2 Å². The van der Waals surface area contributed by atoms with Gasteiger partial charge in [0.15, 0.2) is 0 Å². The van der Waals surface area contributed by atoms with E-state index in [9.17, 15) is 0 Å². The molecule has 1 rings (SSSR count). The molecule has 4 heteroatoms. The molecule has 90 valence electrons. The Kier molecular flexibility index (Phi) is 6.53. The van der Waals surface area contributed by atoms with Gasteiger partial charge in [0, 0.05) is 19.7 Å². The van der Waals surface area contributed by atoms with Gasteiger partial charge in [-0.15, -0.1) is 0 Å². The molecule has 0 unspecified atom stereocenters. The van der Waals surface area contributed by atoms with Gasteiger partial charge in [0.2, 0.25) is 5.88 Å². The summed E-state index contributed by atoms with van der Waals surface area (Å²) < 4.78 is 10.3. The number of methoxy groups -OCH3 is 1. The zero-order chi connectivity index (χ0) is 11.6. The van der Waals surface area contributed by atoms with Crippen LogP contribution in [0, 0.1) is 0 Å². The molecule has 0 saturated carbocycles. The highest BCUT2D eigenvalue weighted by molar-refractivity contribution is 5.15. The van der Waals surface area contributed by atoms with Crippen LogP contribution in [0.3, 0.4) is 0 Å². The molecule has 0 aromatic carbocycles. The molecule has 0 amide bonds. The highest BCUT2D eigenvalue weighted by Crippen LogP contribution is 2.07. The lowest BCUT2D eigenvalue weighted by Gasteiger charge is -2.07. The summed E-state index contributed by atoms with van der Waals surface area (Å²) in [6, 6.07) is 5.81. The van der Waals surface area contributed by atoms with E-state index >= 15 is 0 Å². The van der Waals surface area contributed by atoms with E-state index in [4.69, 9.17) is 9.47 Å². The van der Waals surface area contributed by atoms with Crippen LogP contribution < -0.4 is 10.1 Å². The maximum Gasteiger partial charge on any atom is 0.213 e. The molecule has 0 bridgehead atoms. The Morgan fingerprint density at radius 1 is 1.31 bits per heavy atom. The van der Waals surface area contributed by atoms with E-state index in [0.29, 0.717) is 19.1 Å². The molecule has 0 aliphatic carbocycles. The van der Waals surface area contributed by atoms with E-state index in [2.05, 4.69) is 17.2 Å². The van der Waals surface area contributed by atoms with Gasteiger partial charge in [0.05, 0.1) is 12.3 Å². The minimum Gasteiger partial charge on any atom is -0.475 e. The standard InChI is InChI=1S/C12H20N2O2/c1-3-7-13-10-11-5-4-6-12(14-11)16-9-8-15-2/h4-6,13H,3,7-10H2,1-2H3. The average Bonchev–Trinajstić information content (AvgIpc) is 2.30. The summed E-state index contributed by atoms with van der Waals surface area (Å²) in [6.07, 6.45) is 1.13. The van der Waals surface area contributed by atoms with E-state index in [1.54, 1.807) is 7.11 Å². The number of nitrogens with zero attached hydrogens (tertiary/aromatic N) is 1. The molecule has 4 nitrogen and oxygen atoms in total. The number of rotatable bonds is 8. The van der Waals surface area contributed by atoms with Crippen LogP contribution in [0.25, 0.3) is 0 Å². The molecule has 0 atom stereocenters. The minimum atomic E-state index is 0.537. The SMILES string of the molecule is CCCNCc1cccc(OCCOC)n1. The first-order valence-corrected chi connectivity index (χ1v) is 5.65. The van der Waals surface area contributed by atoms with Crippen molar-refractivity contribution in [2.45, 2.75) is 19.9 Å². The fraction of sp³-hybridized carbons (Fsp3) is 0.583. The molecule has 1 aromatic rings. The van der Waals surface area contributed by atoms with Crippen molar-refractivity contribution in [2.75, 3.05) is 26.9 Å². The van der Waals surface area contributed by atoms with Crippen molar-refractivity contribution in [3.8, 4) is 5.88 Å². The maximum atomic E-state index is 5.43. The van der Waals surface area contributed by atoms with Crippen molar-refractivity contribution in [2.24, 2.45) is 0 Å². The molecule has 0 fully saturated rings. The molecule has 0 saturated heterocycles. The summed E-state index contributed by atoms with van der Waals surface area (Å²) in [5.41, 5.74) is 1.00. The maximum absolute atomic E-state index is 5.43. The van der Waals surface area contributed by atoms with Crippen LogP contribution in [-0.2, 0) is 11.3 Å². The smallest absolute Gasteiger partial charge is 0.213 e. The van der Waals surface area contributed by atoms with Crippen molar-refractivity contribution in [1.82, 2.24) is 10.3 Å². The monoisotopic (exact) mass is 224 g/mol. The second-order valence-electron chi connectivity index (χ2n) is 3.49. The lowest BCUT2D eigenvalue weighted by molar-refractivity contribution is 0.143. The number of pyridine rings is 1. The van der Waals surface area contributed by atoms with Gasteiger partial charge >= 0.3 is 0 Å². The largest absolute Gasteiger partial charge is 0.475 e. The Labute approximate surface area is 97.0 Å². The third kappa shape index (κ3) is 5.09. The third-order valence-electron chi connectivity index (χ3n) is 2.05. The topological polar surface area (TPSA) is 43.4 Å². The van der Waals surface area contributed by atoms with Crippen LogP contribution >= 0.6 is 0 Å². The fourth-order valence-corrected chi connectivity index (χ4v) is 1.26. The van der Waals surface area contributed by atoms with Gasteiger partial charge in [-0.2, -0.15) is 0 Å². The quantitative estimate of drug-likeness (QED) is 0.681. The second-order valence-corrected chi connectivity index (χ2v) is 3.49. The molecule has 1 N–H and O–H groups in total. The molecule has 0 spiro atoms. The molecule has 1 aromatic heterocycles. The van der Waals surface area contributed by atoms with Crippen molar-refractivity contribution in [3.63, 3.8) is 0 Å². The van der Waals surface area contributed by atoms with Crippen LogP contribution in [-0.4, -0.2) is 31.9 Å². The third-order valence-corrected chi connectivity index (χ3v) is 2.05. The predicted molar refractivity (Wildman–Crippen MR) is 63.6 cm³/mol. The normalized spacial score (nSPS) is 10.4. The van der Waals surface area contributed by atoms with Gasteiger partial charge < -0.3 is 14.8 Å². The van der Waals surface area contributed by atoms with Crippen LogP contribution in [0.5, 0.6) is 5.88 Å². The summed E-state index contributed by atoms with van der Waals surface area (Å²) in [6.45, 7) is 5.06. The summed E-state index contributed by atoms with van der Waals surface area (Å²) in [5, 5.41) is 3.30.